The number of nitrogens with zero attached hydrogens (tertiary/aromatic N) is 3. The molecule has 0 saturated carbocycles. The van der Waals surface area contributed by atoms with Crippen molar-refractivity contribution in [2.75, 3.05) is 18.1 Å². The summed E-state index contributed by atoms with van der Waals surface area (Å²) >= 11 is 7.35. The molecular formula is C18H19ClN6OS. The summed E-state index contributed by atoms with van der Waals surface area (Å²) in [5.74, 6) is 0.160. The van der Waals surface area contributed by atoms with E-state index in [0.29, 0.717) is 29.5 Å². The number of pyridine rings is 1. The Hall–Kier alpha value is -2.76. The summed E-state index contributed by atoms with van der Waals surface area (Å²) in [6, 6.07) is 10.3. The molecule has 27 heavy (non-hydrogen) atoms. The van der Waals surface area contributed by atoms with Crippen molar-refractivity contribution >= 4 is 40.9 Å². The molecule has 1 unspecified atom stereocenters. The highest BCUT2D eigenvalue weighted by Crippen LogP contribution is 2.13. The molecule has 1 atom stereocenters. The van der Waals surface area contributed by atoms with Crippen LogP contribution in [0.1, 0.15) is 16.8 Å². The molecule has 1 aromatic carbocycles. The van der Waals surface area contributed by atoms with Crippen molar-refractivity contribution in [1.29, 1.82) is 5.26 Å². The fourth-order valence-corrected chi connectivity index (χ4v) is 2.80. The zero-order valence-corrected chi connectivity index (χ0v) is 16.2. The van der Waals surface area contributed by atoms with Crippen LogP contribution < -0.4 is 16.0 Å². The molecule has 0 aliphatic heterocycles. The van der Waals surface area contributed by atoms with Crippen LogP contribution in [0.4, 0.5) is 5.69 Å². The standard InChI is InChI=1S/C18H19ClN6OS/c1-27-16(8-10-22-17(26)13-4-6-14(19)7-5-13)25-18(23-12-20)24-15-3-2-9-21-11-15/h2-7,9,11,16H,8,10H2,1H3,(H,22,26)(H2,23,24,25). The number of aromatic nitrogens is 1. The highest BCUT2D eigenvalue weighted by atomic mass is 35.5. The number of anilines is 1. The van der Waals surface area contributed by atoms with Crippen molar-refractivity contribution in [3.8, 4) is 6.19 Å². The molecule has 0 aliphatic carbocycles. The minimum absolute atomic E-state index is 0.143. The van der Waals surface area contributed by atoms with Gasteiger partial charge in [-0.15, -0.1) is 11.8 Å². The molecule has 0 aliphatic rings. The SMILES string of the molecule is CSC(CCNC(=O)c1ccc(Cl)cc1)N=C(NC#N)Nc1cccnc1. The van der Waals surface area contributed by atoms with Crippen molar-refractivity contribution in [1.82, 2.24) is 15.6 Å². The average molecular weight is 403 g/mol. The van der Waals surface area contributed by atoms with Gasteiger partial charge in [0.1, 0.15) is 5.37 Å². The van der Waals surface area contributed by atoms with E-state index in [1.807, 2.05) is 18.5 Å². The lowest BCUT2D eigenvalue weighted by Crippen LogP contribution is -2.30. The number of hydrogen-bond donors (Lipinski definition) is 3. The second-order valence-electron chi connectivity index (χ2n) is 5.32. The number of rotatable bonds is 7. The van der Waals surface area contributed by atoms with Crippen molar-refractivity contribution < 1.29 is 4.79 Å². The summed E-state index contributed by atoms with van der Waals surface area (Å²) in [5, 5.41) is 17.8. The van der Waals surface area contributed by atoms with Gasteiger partial charge in [-0.25, -0.2) is 4.99 Å². The molecule has 1 aromatic heterocycles. The van der Waals surface area contributed by atoms with Crippen LogP contribution in [-0.2, 0) is 0 Å². The summed E-state index contributed by atoms with van der Waals surface area (Å²) in [7, 11) is 0. The van der Waals surface area contributed by atoms with Gasteiger partial charge in [-0.3, -0.25) is 15.1 Å². The quantitative estimate of drug-likeness (QED) is 0.284. The topological polar surface area (TPSA) is 102 Å². The van der Waals surface area contributed by atoms with E-state index in [1.165, 1.54) is 11.8 Å². The Morgan fingerprint density at radius 3 is 2.78 bits per heavy atom. The Bertz CT molecular complexity index is 807. The number of amides is 1. The lowest BCUT2D eigenvalue weighted by atomic mass is 10.2. The molecule has 9 heteroatoms. The Morgan fingerprint density at radius 1 is 1.37 bits per heavy atom. The average Bonchev–Trinajstić information content (AvgIpc) is 2.68. The van der Waals surface area contributed by atoms with Gasteiger partial charge in [-0.1, -0.05) is 11.6 Å². The maximum atomic E-state index is 12.1. The predicted molar refractivity (Wildman–Crippen MR) is 110 cm³/mol. The first-order valence-corrected chi connectivity index (χ1v) is 9.75. The Morgan fingerprint density at radius 2 is 2.15 bits per heavy atom. The highest BCUT2D eigenvalue weighted by molar-refractivity contribution is 7.99. The van der Waals surface area contributed by atoms with E-state index in [0.717, 1.165) is 5.69 Å². The molecule has 2 aromatic rings. The molecule has 0 saturated heterocycles. The zero-order valence-electron chi connectivity index (χ0n) is 14.6. The summed E-state index contributed by atoms with van der Waals surface area (Å²) in [5.41, 5.74) is 1.27. The van der Waals surface area contributed by atoms with Crippen molar-refractivity contribution in [3.05, 3.63) is 59.4 Å². The van der Waals surface area contributed by atoms with Gasteiger partial charge >= 0.3 is 0 Å². The van der Waals surface area contributed by atoms with E-state index in [-0.39, 0.29) is 11.3 Å². The molecule has 1 heterocycles. The molecular weight excluding hydrogens is 384 g/mol. The van der Waals surface area contributed by atoms with E-state index >= 15 is 0 Å². The van der Waals surface area contributed by atoms with E-state index < -0.39 is 0 Å². The maximum Gasteiger partial charge on any atom is 0.251 e. The van der Waals surface area contributed by atoms with Gasteiger partial charge < -0.3 is 10.6 Å². The third-order valence-electron chi connectivity index (χ3n) is 3.43. The van der Waals surface area contributed by atoms with E-state index in [4.69, 9.17) is 16.9 Å². The van der Waals surface area contributed by atoms with E-state index in [9.17, 15) is 4.79 Å². The minimum Gasteiger partial charge on any atom is -0.352 e. The van der Waals surface area contributed by atoms with E-state index in [2.05, 4.69) is 25.9 Å². The van der Waals surface area contributed by atoms with Gasteiger partial charge in [0.25, 0.3) is 5.91 Å². The Labute approximate surface area is 167 Å². The summed E-state index contributed by atoms with van der Waals surface area (Å²) in [6.45, 7) is 0.448. The number of carbonyl (C=O) groups is 1. The second kappa shape index (κ2) is 11.1. The van der Waals surface area contributed by atoms with Crippen LogP contribution >= 0.6 is 23.4 Å². The number of nitrogens with one attached hydrogen (secondary N) is 3. The number of thioether (sulfide) groups is 1. The smallest absolute Gasteiger partial charge is 0.251 e. The third-order valence-corrected chi connectivity index (χ3v) is 4.56. The van der Waals surface area contributed by atoms with Crippen LogP contribution in [0, 0.1) is 11.5 Å². The van der Waals surface area contributed by atoms with Crippen LogP contribution in [0.3, 0.4) is 0 Å². The van der Waals surface area contributed by atoms with Crippen LogP contribution in [0.2, 0.25) is 5.02 Å². The summed E-state index contributed by atoms with van der Waals surface area (Å²) < 4.78 is 0. The van der Waals surface area contributed by atoms with E-state index in [1.54, 1.807) is 42.7 Å². The molecule has 0 fully saturated rings. The van der Waals surface area contributed by atoms with Crippen LogP contribution in [0.5, 0.6) is 0 Å². The fraction of sp³-hybridized carbons (Fsp3) is 0.222. The van der Waals surface area contributed by atoms with Gasteiger partial charge in [-0.05, 0) is 49.1 Å². The monoisotopic (exact) mass is 402 g/mol. The third kappa shape index (κ3) is 7.17. The lowest BCUT2D eigenvalue weighted by molar-refractivity contribution is 0.0953. The van der Waals surface area contributed by atoms with Crippen LogP contribution in [-0.4, -0.2) is 35.0 Å². The van der Waals surface area contributed by atoms with Gasteiger partial charge in [-0.2, -0.15) is 5.26 Å². The maximum absolute atomic E-state index is 12.1. The molecule has 2 rings (SSSR count). The minimum atomic E-state index is -0.167. The largest absolute Gasteiger partial charge is 0.352 e. The zero-order chi connectivity index (χ0) is 19.5. The molecule has 3 N–H and O–H groups in total. The normalized spacial score (nSPS) is 12.0. The number of benzene rings is 1. The lowest BCUT2D eigenvalue weighted by Gasteiger charge is -2.14. The van der Waals surface area contributed by atoms with Crippen molar-refractivity contribution in [2.45, 2.75) is 11.8 Å². The number of nitriles is 1. The first-order valence-electron chi connectivity index (χ1n) is 8.09. The number of guanidine groups is 1. The number of carbonyl (C=O) groups excluding carboxylic acids is 1. The van der Waals surface area contributed by atoms with Gasteiger partial charge in [0.15, 0.2) is 6.19 Å². The summed E-state index contributed by atoms with van der Waals surface area (Å²) in [6.07, 6.45) is 7.68. The van der Waals surface area contributed by atoms with Crippen LogP contribution in [0.25, 0.3) is 0 Å². The fourth-order valence-electron chi connectivity index (χ4n) is 2.11. The first kappa shape index (κ1) is 20.6. The Balaban J connectivity index is 1.91. The molecule has 0 spiro atoms. The number of hydrogen-bond acceptors (Lipinski definition) is 5. The molecule has 0 radical (unpaired) electrons. The first-order chi connectivity index (χ1) is 13.1. The number of aliphatic imine (C=N–C) groups is 1. The van der Waals surface area contributed by atoms with Gasteiger partial charge in [0, 0.05) is 23.3 Å². The molecule has 140 valence electrons. The molecule has 1 amide bonds. The summed E-state index contributed by atoms with van der Waals surface area (Å²) in [4.78, 5) is 20.6. The van der Waals surface area contributed by atoms with Crippen LogP contribution in [0.15, 0.2) is 53.8 Å². The second-order valence-corrected chi connectivity index (χ2v) is 6.78. The number of halogens is 1. The van der Waals surface area contributed by atoms with Crippen molar-refractivity contribution in [2.24, 2.45) is 4.99 Å². The highest BCUT2D eigenvalue weighted by Gasteiger charge is 2.10. The predicted octanol–water partition coefficient (Wildman–Crippen LogP) is 3.08. The van der Waals surface area contributed by atoms with Gasteiger partial charge in [0.05, 0.1) is 11.9 Å². The molecule has 0 bridgehead atoms. The molecule has 7 nitrogen and oxygen atoms in total. The van der Waals surface area contributed by atoms with Gasteiger partial charge in [0.2, 0.25) is 5.96 Å². The van der Waals surface area contributed by atoms with Crippen molar-refractivity contribution in [3.63, 3.8) is 0 Å². The Kier molecular flexibility index (Phi) is 8.42.